The smallest absolute Gasteiger partial charge is 0.369 e. The molecule has 2 unspecified atom stereocenters. The molecule has 0 aliphatic rings. The molecule has 0 aromatic carbocycles. The summed E-state index contributed by atoms with van der Waals surface area (Å²) in [5.74, 6) is -0.376. The van der Waals surface area contributed by atoms with Crippen LogP contribution in [0.5, 0.6) is 0 Å². The standard InChI is InChI=1S/C22H43NO13P2S.C18H32O7S.C4H13NO7P2/c1-2-35-20(26)10-3-4-15-36-21(27)18(8-5-14-24)9-6-16-39-17-11-19(25)23-13-7-12-22(28,37(29,30)31)38(32,33)34;1-2-24-17(22)9-3-4-12-25-18(23)15(7-5-11-19)8-6-13-26-14-10-16(20)21;5-3-1-2-4(6,13(7,8)9)14(10,11)12/h18,24,28H,2-17H2,1H3,(H,23,25)(H2,29,30,31)(H2,32,33,34);15,19H,2-14H2,1H3,(H,20,21);6H,1-3,5H2,(H2,7,8,9)(H2,10,11,12). The number of ether oxygens (including phenoxy) is 4. The molecule has 0 rings (SSSR count). The number of nitrogens with two attached hydrogens (primary N) is 1. The van der Waals surface area contributed by atoms with Crippen molar-refractivity contribution in [1.29, 1.82) is 0 Å². The van der Waals surface area contributed by atoms with Crippen molar-refractivity contribution in [2.24, 2.45) is 17.6 Å². The lowest BCUT2D eigenvalue weighted by atomic mass is 9.98. The minimum absolute atomic E-state index is 0.0366. The van der Waals surface area contributed by atoms with Gasteiger partial charge >= 0.3 is 60.2 Å². The molecule has 0 spiro atoms. The van der Waals surface area contributed by atoms with E-state index in [9.17, 15) is 57.2 Å². The number of amides is 1. The number of nitrogens with one attached hydrogen (secondary N) is 1. The Morgan fingerprint density at radius 3 is 1.22 bits per heavy atom. The van der Waals surface area contributed by atoms with Crippen LogP contribution in [0.3, 0.4) is 0 Å². The maximum Gasteiger partial charge on any atom is 0.369 e. The van der Waals surface area contributed by atoms with Crippen LogP contribution in [0.4, 0.5) is 0 Å². The fourth-order valence-corrected chi connectivity index (χ4v) is 12.8. The molecule has 35 heteroatoms. The first-order chi connectivity index (χ1) is 36.8. The molecule has 29 nitrogen and oxygen atoms in total. The van der Waals surface area contributed by atoms with E-state index in [1.807, 2.05) is 0 Å². The zero-order chi connectivity index (χ0) is 61.2. The van der Waals surface area contributed by atoms with Crippen LogP contribution in [0, 0.1) is 11.8 Å². The first-order valence-corrected chi connectivity index (χ1v) is 34.4. The molecule has 0 aromatic rings. The Kier molecular flexibility index (Phi) is 46.6. The van der Waals surface area contributed by atoms with Crippen LogP contribution < -0.4 is 11.1 Å². The Bertz CT molecular complexity index is 1870. The predicted octanol–water partition coefficient (Wildman–Crippen LogP) is 2.82. The van der Waals surface area contributed by atoms with Gasteiger partial charge in [-0.05, 0) is 122 Å². The normalized spacial score (nSPS) is 12.9. The van der Waals surface area contributed by atoms with Crippen molar-refractivity contribution < 1.29 is 131 Å². The summed E-state index contributed by atoms with van der Waals surface area (Å²) >= 11 is 3.05. The number of carbonyl (C=O) groups excluding carboxylic acids is 5. The summed E-state index contributed by atoms with van der Waals surface area (Å²) < 4.78 is 64.3. The van der Waals surface area contributed by atoms with Crippen molar-refractivity contribution in [2.45, 2.75) is 152 Å². The highest BCUT2D eigenvalue weighted by molar-refractivity contribution is 7.99. The second kappa shape index (κ2) is 45.4. The number of esters is 4. The molecule has 79 heavy (non-hydrogen) atoms. The molecule has 0 saturated carbocycles. The molecule has 0 saturated heterocycles. The number of hydrogen-bond donors (Lipinski definition) is 15. The van der Waals surface area contributed by atoms with Gasteiger partial charge in [0.05, 0.1) is 44.7 Å². The first-order valence-electron chi connectivity index (χ1n) is 25.6. The Labute approximate surface area is 469 Å². The Hall–Kier alpha value is -2.08. The third-order valence-corrected chi connectivity index (χ3v) is 20.8. The van der Waals surface area contributed by atoms with Crippen LogP contribution in [0.1, 0.15) is 142 Å². The van der Waals surface area contributed by atoms with Gasteiger partial charge < -0.3 is 94.7 Å². The number of aliphatic hydroxyl groups excluding tert-OH is 2. The quantitative estimate of drug-likeness (QED) is 0.0180. The van der Waals surface area contributed by atoms with Gasteiger partial charge in [-0.1, -0.05) is 0 Å². The van der Waals surface area contributed by atoms with Crippen LogP contribution >= 0.6 is 53.9 Å². The molecule has 0 radical (unpaired) electrons. The van der Waals surface area contributed by atoms with Crippen molar-refractivity contribution in [3.05, 3.63) is 0 Å². The van der Waals surface area contributed by atoms with Crippen LogP contribution in [-0.4, -0.2) is 186 Å². The third-order valence-electron chi connectivity index (χ3n) is 10.9. The monoisotopic (exact) mass is 1260 g/mol. The highest BCUT2D eigenvalue weighted by atomic mass is 32.2. The number of carbonyl (C=O) groups is 6. The van der Waals surface area contributed by atoms with E-state index in [-0.39, 0.29) is 113 Å². The average Bonchev–Trinajstić information content (AvgIpc) is 3.34. The van der Waals surface area contributed by atoms with Gasteiger partial charge in [0.2, 0.25) is 5.91 Å². The van der Waals surface area contributed by atoms with Crippen LogP contribution in [0.25, 0.3) is 0 Å². The van der Waals surface area contributed by atoms with E-state index >= 15 is 0 Å². The van der Waals surface area contributed by atoms with E-state index in [1.165, 1.54) is 11.8 Å². The molecule has 0 aliphatic heterocycles. The van der Waals surface area contributed by atoms with E-state index in [0.717, 1.165) is 12.2 Å². The van der Waals surface area contributed by atoms with Gasteiger partial charge in [0.1, 0.15) is 0 Å². The number of hydrogen-bond acceptors (Lipinski definition) is 21. The summed E-state index contributed by atoms with van der Waals surface area (Å²) in [4.78, 5) is 140. The van der Waals surface area contributed by atoms with Crippen molar-refractivity contribution >= 4 is 89.7 Å². The van der Waals surface area contributed by atoms with Crippen molar-refractivity contribution in [3.63, 3.8) is 0 Å². The maximum absolute atomic E-state index is 12.4. The Morgan fingerprint density at radius 2 is 0.873 bits per heavy atom. The Balaban J connectivity index is -0.00000123. The molecule has 0 bridgehead atoms. The predicted molar refractivity (Wildman–Crippen MR) is 291 cm³/mol. The summed E-state index contributed by atoms with van der Waals surface area (Å²) in [5, 5.41) is 41.3. The summed E-state index contributed by atoms with van der Waals surface area (Å²) in [7, 11) is -21.6. The second-order valence-corrected chi connectivity index (χ2v) is 27.9. The highest BCUT2D eigenvalue weighted by Crippen LogP contribution is 2.70. The summed E-state index contributed by atoms with van der Waals surface area (Å²) in [6, 6.07) is 0. The van der Waals surface area contributed by atoms with Gasteiger partial charge in [-0.2, -0.15) is 23.5 Å². The third kappa shape index (κ3) is 39.2. The topological polar surface area (TPSA) is 509 Å². The van der Waals surface area contributed by atoms with E-state index < -0.39 is 59.4 Å². The van der Waals surface area contributed by atoms with E-state index in [4.69, 9.17) is 79.1 Å². The van der Waals surface area contributed by atoms with Gasteiger partial charge in [0.25, 0.3) is 10.2 Å². The van der Waals surface area contributed by atoms with Gasteiger partial charge in [0, 0.05) is 63.4 Å². The van der Waals surface area contributed by atoms with E-state index in [1.54, 1.807) is 25.6 Å². The molecule has 0 heterocycles. The van der Waals surface area contributed by atoms with Gasteiger partial charge in [-0.15, -0.1) is 0 Å². The molecular formula is C44H88N2O27P4S2. The van der Waals surface area contributed by atoms with Gasteiger partial charge in [0.15, 0.2) is 0 Å². The summed E-state index contributed by atoms with van der Waals surface area (Å²) in [6.45, 7) is 4.50. The average molecular weight is 1270 g/mol. The number of aliphatic carboxylic acids is 1. The molecule has 1 amide bonds. The van der Waals surface area contributed by atoms with E-state index in [2.05, 4.69) is 5.32 Å². The molecule has 0 aromatic heterocycles. The molecule has 2 atom stereocenters. The lowest BCUT2D eigenvalue weighted by Crippen LogP contribution is -2.31. The van der Waals surface area contributed by atoms with Crippen LogP contribution in [-0.2, 0) is 66.0 Å². The minimum Gasteiger partial charge on any atom is -0.481 e. The lowest BCUT2D eigenvalue weighted by molar-refractivity contribution is -0.150. The lowest BCUT2D eigenvalue weighted by Gasteiger charge is -2.29. The largest absolute Gasteiger partial charge is 0.481 e. The van der Waals surface area contributed by atoms with Gasteiger partial charge in [-0.25, -0.2) is 0 Å². The number of aliphatic hydroxyl groups is 4. The Morgan fingerprint density at radius 1 is 0.506 bits per heavy atom. The zero-order valence-corrected chi connectivity index (χ0v) is 50.2. The van der Waals surface area contributed by atoms with Gasteiger partial charge in [-0.3, -0.25) is 47.0 Å². The molecule has 16 N–H and O–H groups in total. The minimum atomic E-state index is -5.52. The highest BCUT2D eigenvalue weighted by Gasteiger charge is 2.59. The number of thioether (sulfide) groups is 2. The van der Waals surface area contributed by atoms with Crippen molar-refractivity contribution in [3.8, 4) is 0 Å². The molecule has 0 fully saturated rings. The fraction of sp³-hybridized carbons (Fsp3) is 0.864. The summed E-state index contributed by atoms with van der Waals surface area (Å²) in [5.41, 5.74) is 5.01. The fourth-order valence-electron chi connectivity index (χ4n) is 6.52. The van der Waals surface area contributed by atoms with Crippen LogP contribution in [0.2, 0.25) is 0 Å². The summed E-state index contributed by atoms with van der Waals surface area (Å²) in [6.07, 6.45) is 5.99. The number of carboxylic acid groups (broad SMARTS) is 1. The molecular weight excluding hydrogens is 1180 g/mol. The van der Waals surface area contributed by atoms with Crippen molar-refractivity contribution in [1.82, 2.24) is 5.32 Å². The zero-order valence-electron chi connectivity index (χ0n) is 45.0. The number of unbranched alkanes of at least 4 members (excludes halogenated alkanes) is 2. The first kappa shape index (κ1) is 81.1. The number of rotatable bonds is 45. The molecule has 0 aliphatic carbocycles. The number of carboxylic acids is 1. The van der Waals surface area contributed by atoms with Crippen molar-refractivity contribution in [2.75, 3.05) is 75.7 Å². The second-order valence-electron chi connectivity index (χ2n) is 17.5. The SMILES string of the molecule is CCOC(=O)CCCCOC(=O)C(CCCO)CCCSCCC(=O)NCCCC(O)(P(=O)(O)O)P(=O)(O)O.CCOC(=O)CCCCOC(=O)C(CCCO)CCCSCCC(=O)O.NCCCC(O)(P(=O)(O)O)P(=O)(O)O. The molecule has 468 valence electrons. The van der Waals surface area contributed by atoms with Crippen LogP contribution in [0.15, 0.2) is 0 Å². The van der Waals surface area contributed by atoms with E-state index in [0.29, 0.717) is 108 Å². The maximum atomic E-state index is 12.4.